The third-order valence-electron chi connectivity index (χ3n) is 8.77. The first kappa shape index (κ1) is 22.1. The van der Waals surface area contributed by atoms with Gasteiger partial charge in [-0.1, -0.05) is 49.1 Å². The summed E-state index contributed by atoms with van der Waals surface area (Å²) in [5, 5.41) is 8.07. The number of carbonyl (C=O) groups excluding carboxylic acids is 3. The zero-order valence-electron chi connectivity index (χ0n) is 19.7. The Morgan fingerprint density at radius 3 is 2.64 bits per heavy atom. The van der Waals surface area contributed by atoms with Crippen molar-refractivity contribution in [2.45, 2.75) is 56.1 Å². The van der Waals surface area contributed by atoms with Gasteiger partial charge in [0.1, 0.15) is 5.54 Å². The number of benzene rings is 2. The van der Waals surface area contributed by atoms with Crippen LogP contribution in [-0.4, -0.2) is 39.7 Å². The minimum atomic E-state index is -1.32. The molecule has 8 heteroatoms. The summed E-state index contributed by atoms with van der Waals surface area (Å²) in [4.78, 5) is 46.7. The zero-order valence-corrected chi connectivity index (χ0v) is 20.5. The number of amides is 3. The number of hydrogen-bond acceptors (Lipinski definition) is 4. The summed E-state index contributed by atoms with van der Waals surface area (Å²) >= 11 is 6.37. The average molecular weight is 503 g/mol. The summed E-state index contributed by atoms with van der Waals surface area (Å²) in [7, 11) is 0. The summed E-state index contributed by atoms with van der Waals surface area (Å²) in [6.07, 6.45) is 7.30. The molecular formula is C28H27ClN4O3. The predicted octanol–water partition coefficient (Wildman–Crippen LogP) is 4.12. The van der Waals surface area contributed by atoms with Gasteiger partial charge in [0.2, 0.25) is 17.7 Å². The van der Waals surface area contributed by atoms with Crippen molar-refractivity contribution in [2.24, 2.45) is 11.8 Å². The highest BCUT2D eigenvalue weighted by Crippen LogP contribution is 2.54. The minimum Gasteiger partial charge on any atom is -0.361 e. The van der Waals surface area contributed by atoms with E-state index in [0.29, 0.717) is 22.7 Å². The largest absolute Gasteiger partial charge is 0.361 e. The molecule has 3 N–H and O–H groups in total. The number of para-hydroxylation sites is 1. The molecule has 0 radical (unpaired) electrons. The van der Waals surface area contributed by atoms with Crippen molar-refractivity contribution in [1.82, 2.24) is 15.2 Å². The normalized spacial score (nSPS) is 29.9. The molecule has 0 bridgehead atoms. The van der Waals surface area contributed by atoms with Crippen molar-refractivity contribution in [2.75, 3.05) is 5.32 Å². The Morgan fingerprint density at radius 2 is 1.81 bits per heavy atom. The van der Waals surface area contributed by atoms with E-state index < -0.39 is 17.4 Å². The van der Waals surface area contributed by atoms with Crippen LogP contribution in [0.25, 0.3) is 10.9 Å². The molecular weight excluding hydrogens is 476 g/mol. The van der Waals surface area contributed by atoms with Gasteiger partial charge in [0.05, 0.1) is 11.8 Å². The molecule has 1 spiro atoms. The Kier molecular flexibility index (Phi) is 4.85. The summed E-state index contributed by atoms with van der Waals surface area (Å²) < 4.78 is 0. The highest BCUT2D eigenvalue weighted by Gasteiger charge is 2.70. The van der Waals surface area contributed by atoms with Crippen LogP contribution in [0.5, 0.6) is 0 Å². The molecule has 1 saturated carbocycles. The third-order valence-corrected chi connectivity index (χ3v) is 9.00. The third kappa shape index (κ3) is 2.93. The van der Waals surface area contributed by atoms with E-state index in [4.69, 9.17) is 11.6 Å². The summed E-state index contributed by atoms with van der Waals surface area (Å²) in [6.45, 7) is 0. The van der Waals surface area contributed by atoms with Crippen LogP contribution in [-0.2, 0) is 26.3 Å². The lowest BCUT2D eigenvalue weighted by Gasteiger charge is -2.34. The fourth-order valence-corrected chi connectivity index (χ4v) is 7.38. The summed E-state index contributed by atoms with van der Waals surface area (Å²) in [5.74, 6) is -2.09. The molecule has 36 heavy (non-hydrogen) atoms. The monoisotopic (exact) mass is 502 g/mol. The maximum atomic E-state index is 14.1. The van der Waals surface area contributed by atoms with Crippen LogP contribution in [0.1, 0.15) is 43.2 Å². The van der Waals surface area contributed by atoms with E-state index in [1.165, 1.54) is 4.90 Å². The lowest BCUT2D eigenvalue weighted by molar-refractivity contribution is -0.146. The van der Waals surface area contributed by atoms with Crippen molar-refractivity contribution < 1.29 is 14.4 Å². The van der Waals surface area contributed by atoms with Crippen molar-refractivity contribution in [1.29, 1.82) is 0 Å². The Hall–Kier alpha value is -3.16. The van der Waals surface area contributed by atoms with E-state index in [0.717, 1.165) is 48.6 Å². The van der Waals surface area contributed by atoms with E-state index in [1.54, 1.807) is 18.2 Å². The van der Waals surface area contributed by atoms with Gasteiger partial charge in [0.25, 0.3) is 0 Å². The summed E-state index contributed by atoms with van der Waals surface area (Å²) in [6, 6.07) is 12.8. The Morgan fingerprint density at radius 1 is 1.00 bits per heavy atom. The maximum absolute atomic E-state index is 14.1. The number of H-pyrrole nitrogens is 1. The number of rotatable bonds is 3. The highest BCUT2D eigenvalue weighted by atomic mass is 35.5. The number of aromatic nitrogens is 1. The van der Waals surface area contributed by atoms with Crippen molar-refractivity contribution in [3.8, 4) is 0 Å². The number of carbonyl (C=O) groups is 3. The molecule has 1 aromatic heterocycles. The molecule has 3 aromatic rings. The van der Waals surface area contributed by atoms with Crippen LogP contribution in [0.4, 0.5) is 5.69 Å². The predicted molar refractivity (Wildman–Crippen MR) is 136 cm³/mol. The van der Waals surface area contributed by atoms with Crippen molar-refractivity contribution >= 4 is 45.9 Å². The lowest BCUT2D eigenvalue weighted by atomic mass is 9.76. The van der Waals surface area contributed by atoms with Crippen LogP contribution in [0, 0.1) is 11.8 Å². The molecule has 0 unspecified atom stereocenters. The van der Waals surface area contributed by atoms with E-state index in [9.17, 15) is 14.4 Å². The molecule has 3 aliphatic heterocycles. The smallest absolute Gasteiger partial charge is 0.250 e. The number of likely N-dealkylation sites (tertiary alicyclic amines) is 1. The number of imide groups is 1. The molecule has 4 aliphatic rings. The van der Waals surface area contributed by atoms with E-state index >= 15 is 0 Å². The van der Waals surface area contributed by atoms with Crippen LogP contribution < -0.4 is 10.6 Å². The number of anilines is 1. The van der Waals surface area contributed by atoms with Crippen LogP contribution in [0.3, 0.4) is 0 Å². The van der Waals surface area contributed by atoms with Gasteiger partial charge in [-0.15, -0.1) is 0 Å². The molecule has 7 rings (SSSR count). The quantitative estimate of drug-likeness (QED) is 0.470. The number of nitrogens with zero attached hydrogens (tertiary/aromatic N) is 1. The van der Waals surface area contributed by atoms with Crippen LogP contribution >= 0.6 is 11.6 Å². The Balaban J connectivity index is 1.36. The van der Waals surface area contributed by atoms with Crippen molar-refractivity contribution in [3.63, 3.8) is 0 Å². The average Bonchev–Trinajstić information content (AvgIpc) is 3.59. The fourth-order valence-electron chi connectivity index (χ4n) is 7.21. The molecule has 1 aliphatic carbocycles. The summed E-state index contributed by atoms with van der Waals surface area (Å²) in [5.41, 5.74) is 2.05. The topological polar surface area (TPSA) is 94.3 Å². The highest BCUT2D eigenvalue weighted by molar-refractivity contribution is 6.31. The number of nitrogens with one attached hydrogen (secondary N) is 3. The second-order valence-corrected chi connectivity index (χ2v) is 11.0. The molecule has 3 fully saturated rings. The SMILES string of the molecule is O=C1[C@@H]2[C@H](Cc3c[nH]c4ccccc34)N[C@@]3(C(=O)Nc4ccc(Cl)cc43)[C@@H]2C(=O)N1C1CCCCC1. The van der Waals surface area contributed by atoms with E-state index in [2.05, 4.69) is 21.7 Å². The van der Waals surface area contributed by atoms with Gasteiger partial charge in [-0.3, -0.25) is 24.6 Å². The molecule has 184 valence electrons. The first-order chi connectivity index (χ1) is 17.5. The number of fused-ring (bicyclic) bond motifs is 5. The first-order valence-corrected chi connectivity index (χ1v) is 13.2. The van der Waals surface area contributed by atoms with Crippen LogP contribution in [0.2, 0.25) is 5.02 Å². The molecule has 2 saturated heterocycles. The Bertz CT molecular complexity index is 1430. The Labute approximate surface area is 213 Å². The first-order valence-electron chi connectivity index (χ1n) is 12.8. The standard InChI is InChI=1S/C28H27ClN4O3/c29-16-10-11-21-19(13-16)28(27(36)31-21)24-23(25(34)33(26(24)35)17-6-2-1-3-7-17)22(32-28)12-15-14-30-20-9-5-4-8-18(15)20/h4-5,8-11,13-14,17,22-24,30,32H,1-3,6-7,12H2,(H,31,36)/t22-,23+,24-,28+/m0/s1. The van der Waals surface area contributed by atoms with Gasteiger partial charge in [0, 0.05) is 45.5 Å². The zero-order chi connectivity index (χ0) is 24.6. The fraction of sp³-hybridized carbons (Fsp3) is 0.393. The van der Waals surface area contributed by atoms with Gasteiger partial charge in [-0.2, -0.15) is 0 Å². The number of halogens is 1. The van der Waals surface area contributed by atoms with Crippen LogP contribution in [0.15, 0.2) is 48.7 Å². The van der Waals surface area contributed by atoms with Gasteiger partial charge in [-0.25, -0.2) is 0 Å². The molecule has 2 aromatic carbocycles. The number of aromatic amines is 1. The number of hydrogen-bond donors (Lipinski definition) is 3. The second-order valence-electron chi connectivity index (χ2n) is 10.6. The van der Waals surface area contributed by atoms with Gasteiger partial charge < -0.3 is 10.3 Å². The maximum Gasteiger partial charge on any atom is 0.250 e. The second kappa shape index (κ2) is 7.92. The minimum absolute atomic E-state index is 0.0848. The lowest BCUT2D eigenvalue weighted by Crippen LogP contribution is -2.54. The van der Waals surface area contributed by atoms with Crippen molar-refractivity contribution in [3.05, 3.63) is 64.8 Å². The van der Waals surface area contributed by atoms with Gasteiger partial charge >= 0.3 is 0 Å². The molecule has 4 heterocycles. The van der Waals surface area contributed by atoms with Gasteiger partial charge in [0.15, 0.2) is 0 Å². The van der Waals surface area contributed by atoms with E-state index in [1.807, 2.05) is 24.4 Å². The van der Waals surface area contributed by atoms with Gasteiger partial charge in [-0.05, 0) is 49.1 Å². The molecule has 3 amide bonds. The molecule has 7 nitrogen and oxygen atoms in total. The van der Waals surface area contributed by atoms with E-state index in [-0.39, 0.29) is 29.8 Å². The molecule has 4 atom stereocenters.